The number of aryl methyl sites for hydroxylation is 1. The highest BCUT2D eigenvalue weighted by atomic mass is 16.5. The van der Waals surface area contributed by atoms with Gasteiger partial charge in [0.1, 0.15) is 11.5 Å². The highest BCUT2D eigenvalue weighted by molar-refractivity contribution is 5.57. The SMILES string of the molecule is CCCOc1cccc(CNc2ccc(C)cc2OC)c1. The van der Waals surface area contributed by atoms with E-state index < -0.39 is 0 Å². The van der Waals surface area contributed by atoms with Gasteiger partial charge in [0.25, 0.3) is 0 Å². The van der Waals surface area contributed by atoms with Crippen molar-refractivity contribution in [1.82, 2.24) is 0 Å². The van der Waals surface area contributed by atoms with Gasteiger partial charge in [-0.2, -0.15) is 0 Å². The Bertz CT molecular complexity index is 581. The van der Waals surface area contributed by atoms with E-state index in [0.29, 0.717) is 0 Å². The first-order valence-electron chi connectivity index (χ1n) is 7.33. The summed E-state index contributed by atoms with van der Waals surface area (Å²) < 4.78 is 11.1. The Labute approximate surface area is 126 Å². The fourth-order valence-electron chi connectivity index (χ4n) is 2.11. The number of rotatable bonds is 7. The Hall–Kier alpha value is -2.16. The summed E-state index contributed by atoms with van der Waals surface area (Å²) in [5.41, 5.74) is 3.38. The van der Waals surface area contributed by atoms with Gasteiger partial charge < -0.3 is 14.8 Å². The molecule has 0 fully saturated rings. The van der Waals surface area contributed by atoms with E-state index in [0.717, 1.165) is 36.8 Å². The van der Waals surface area contributed by atoms with E-state index in [4.69, 9.17) is 9.47 Å². The molecule has 2 aromatic carbocycles. The quantitative estimate of drug-likeness (QED) is 0.817. The van der Waals surface area contributed by atoms with Crippen molar-refractivity contribution in [2.24, 2.45) is 0 Å². The highest BCUT2D eigenvalue weighted by Crippen LogP contribution is 2.26. The second-order valence-electron chi connectivity index (χ2n) is 5.05. The van der Waals surface area contributed by atoms with E-state index in [-0.39, 0.29) is 0 Å². The lowest BCUT2D eigenvalue weighted by Gasteiger charge is -2.12. The van der Waals surface area contributed by atoms with Crippen LogP contribution in [-0.4, -0.2) is 13.7 Å². The molecular formula is C18H23NO2. The van der Waals surface area contributed by atoms with Gasteiger partial charge in [-0.25, -0.2) is 0 Å². The lowest BCUT2D eigenvalue weighted by atomic mass is 10.2. The molecule has 0 bridgehead atoms. The van der Waals surface area contributed by atoms with Gasteiger partial charge in [-0.15, -0.1) is 0 Å². The molecule has 3 nitrogen and oxygen atoms in total. The normalized spacial score (nSPS) is 10.2. The van der Waals surface area contributed by atoms with E-state index in [1.807, 2.05) is 24.3 Å². The van der Waals surface area contributed by atoms with Crippen molar-refractivity contribution in [3.05, 3.63) is 53.6 Å². The molecule has 2 aromatic rings. The molecule has 0 saturated heterocycles. The second-order valence-corrected chi connectivity index (χ2v) is 5.05. The summed E-state index contributed by atoms with van der Waals surface area (Å²) in [6, 6.07) is 14.3. The van der Waals surface area contributed by atoms with Crippen molar-refractivity contribution in [1.29, 1.82) is 0 Å². The number of ether oxygens (including phenoxy) is 2. The first-order chi connectivity index (χ1) is 10.2. The van der Waals surface area contributed by atoms with Crippen molar-refractivity contribution in [3.8, 4) is 11.5 Å². The summed E-state index contributed by atoms with van der Waals surface area (Å²) in [5.74, 6) is 1.79. The van der Waals surface area contributed by atoms with Crippen LogP contribution in [0.3, 0.4) is 0 Å². The summed E-state index contributed by atoms with van der Waals surface area (Å²) in [6.07, 6.45) is 1.02. The molecule has 0 aliphatic heterocycles. The smallest absolute Gasteiger partial charge is 0.142 e. The van der Waals surface area contributed by atoms with Crippen LogP contribution in [-0.2, 0) is 6.54 Å². The summed E-state index contributed by atoms with van der Waals surface area (Å²) >= 11 is 0. The van der Waals surface area contributed by atoms with E-state index >= 15 is 0 Å². The molecular weight excluding hydrogens is 262 g/mol. The first-order valence-corrected chi connectivity index (χ1v) is 7.33. The summed E-state index contributed by atoms with van der Waals surface area (Å²) in [6.45, 7) is 5.65. The molecule has 0 aliphatic rings. The van der Waals surface area contributed by atoms with Gasteiger partial charge in [-0.05, 0) is 48.7 Å². The molecule has 0 spiro atoms. The van der Waals surface area contributed by atoms with Gasteiger partial charge in [-0.3, -0.25) is 0 Å². The predicted octanol–water partition coefficient (Wildman–Crippen LogP) is 4.40. The van der Waals surface area contributed by atoms with E-state index in [2.05, 4.69) is 37.4 Å². The Kier molecular flexibility index (Phi) is 5.50. The van der Waals surface area contributed by atoms with E-state index in [1.165, 1.54) is 11.1 Å². The monoisotopic (exact) mass is 285 g/mol. The fourth-order valence-corrected chi connectivity index (χ4v) is 2.11. The largest absolute Gasteiger partial charge is 0.495 e. The molecule has 0 atom stereocenters. The Morgan fingerprint density at radius 1 is 1.10 bits per heavy atom. The highest BCUT2D eigenvalue weighted by Gasteiger charge is 2.03. The van der Waals surface area contributed by atoms with Crippen molar-refractivity contribution < 1.29 is 9.47 Å². The van der Waals surface area contributed by atoms with Crippen LogP contribution < -0.4 is 14.8 Å². The predicted molar refractivity (Wildman–Crippen MR) is 87.3 cm³/mol. The standard InChI is InChI=1S/C18H23NO2/c1-4-10-21-16-7-5-6-15(12-16)13-19-17-9-8-14(2)11-18(17)20-3/h5-9,11-12,19H,4,10,13H2,1-3H3. The van der Waals surface area contributed by atoms with Crippen LogP contribution in [0.4, 0.5) is 5.69 Å². The molecule has 21 heavy (non-hydrogen) atoms. The number of methoxy groups -OCH3 is 1. The second kappa shape index (κ2) is 7.58. The molecule has 0 aromatic heterocycles. The zero-order valence-corrected chi connectivity index (χ0v) is 13.0. The molecule has 112 valence electrons. The first kappa shape index (κ1) is 15.2. The average Bonchev–Trinajstić information content (AvgIpc) is 2.52. The number of benzene rings is 2. The Morgan fingerprint density at radius 2 is 1.95 bits per heavy atom. The summed E-state index contributed by atoms with van der Waals surface area (Å²) in [5, 5.41) is 3.41. The third kappa shape index (κ3) is 4.42. The van der Waals surface area contributed by atoms with Gasteiger partial charge in [0.15, 0.2) is 0 Å². The van der Waals surface area contributed by atoms with Crippen LogP contribution in [0.25, 0.3) is 0 Å². The zero-order valence-electron chi connectivity index (χ0n) is 13.0. The van der Waals surface area contributed by atoms with Crippen molar-refractivity contribution in [2.45, 2.75) is 26.8 Å². The minimum atomic E-state index is 0.739. The number of anilines is 1. The number of nitrogens with one attached hydrogen (secondary N) is 1. The summed E-state index contributed by atoms with van der Waals surface area (Å²) in [7, 11) is 1.69. The minimum absolute atomic E-state index is 0.739. The topological polar surface area (TPSA) is 30.5 Å². The maximum Gasteiger partial charge on any atom is 0.142 e. The van der Waals surface area contributed by atoms with Gasteiger partial charge in [0.05, 0.1) is 19.4 Å². The zero-order chi connectivity index (χ0) is 15.1. The molecule has 0 radical (unpaired) electrons. The van der Waals surface area contributed by atoms with Gasteiger partial charge in [0.2, 0.25) is 0 Å². The number of hydrogen-bond donors (Lipinski definition) is 1. The fraction of sp³-hybridized carbons (Fsp3) is 0.333. The molecule has 0 aliphatic carbocycles. The maximum atomic E-state index is 5.66. The van der Waals surface area contributed by atoms with Crippen LogP contribution in [0.1, 0.15) is 24.5 Å². The molecule has 2 rings (SSSR count). The van der Waals surface area contributed by atoms with Crippen molar-refractivity contribution in [2.75, 3.05) is 19.0 Å². The van der Waals surface area contributed by atoms with E-state index in [9.17, 15) is 0 Å². The van der Waals surface area contributed by atoms with E-state index in [1.54, 1.807) is 7.11 Å². The third-order valence-electron chi connectivity index (χ3n) is 3.21. The minimum Gasteiger partial charge on any atom is -0.495 e. The Balaban J connectivity index is 2.02. The maximum absolute atomic E-state index is 5.66. The van der Waals surface area contributed by atoms with Crippen LogP contribution >= 0.6 is 0 Å². The lowest BCUT2D eigenvalue weighted by molar-refractivity contribution is 0.317. The lowest BCUT2D eigenvalue weighted by Crippen LogP contribution is -2.02. The van der Waals surface area contributed by atoms with Crippen LogP contribution in [0.2, 0.25) is 0 Å². The van der Waals surface area contributed by atoms with Crippen LogP contribution in [0, 0.1) is 6.92 Å². The van der Waals surface area contributed by atoms with Crippen LogP contribution in [0.5, 0.6) is 11.5 Å². The third-order valence-corrected chi connectivity index (χ3v) is 3.21. The van der Waals surface area contributed by atoms with Crippen molar-refractivity contribution >= 4 is 5.69 Å². The molecule has 0 amide bonds. The molecule has 0 heterocycles. The average molecular weight is 285 g/mol. The molecule has 1 N–H and O–H groups in total. The van der Waals surface area contributed by atoms with Crippen LogP contribution in [0.15, 0.2) is 42.5 Å². The van der Waals surface area contributed by atoms with Crippen molar-refractivity contribution in [3.63, 3.8) is 0 Å². The summed E-state index contributed by atoms with van der Waals surface area (Å²) in [4.78, 5) is 0. The molecule has 0 unspecified atom stereocenters. The Morgan fingerprint density at radius 3 is 2.71 bits per heavy atom. The molecule has 3 heteroatoms. The van der Waals surface area contributed by atoms with Gasteiger partial charge in [0, 0.05) is 6.54 Å². The van der Waals surface area contributed by atoms with Gasteiger partial charge >= 0.3 is 0 Å². The van der Waals surface area contributed by atoms with Gasteiger partial charge in [-0.1, -0.05) is 25.1 Å². The molecule has 0 saturated carbocycles. The number of hydrogen-bond acceptors (Lipinski definition) is 3.